The first-order chi connectivity index (χ1) is 9.35. The Bertz CT molecular complexity index is 210. The summed E-state index contributed by atoms with van der Waals surface area (Å²) in [6, 6.07) is 0. The van der Waals surface area contributed by atoms with E-state index in [4.69, 9.17) is 5.11 Å². The first kappa shape index (κ1) is 19.8. The minimum absolute atomic E-state index is 0.189. The van der Waals surface area contributed by atoms with Gasteiger partial charge in [0.2, 0.25) is 0 Å². The predicted molar refractivity (Wildman–Crippen MR) is 81.9 cm³/mol. The Morgan fingerprint density at radius 3 is 1.55 bits per heavy atom. The second-order valence-corrected chi connectivity index (χ2v) is 6.02. The molecular weight excluding hydrogens is 258 g/mol. The van der Waals surface area contributed by atoms with E-state index in [1.807, 2.05) is 38.0 Å². The number of nitrogens with zero attached hydrogens (tertiary/aromatic N) is 3. The topological polar surface area (TPSA) is 70.4 Å². The van der Waals surface area contributed by atoms with Crippen LogP contribution in [0.4, 0.5) is 0 Å². The third-order valence-corrected chi connectivity index (χ3v) is 2.97. The van der Waals surface area contributed by atoms with Crippen molar-refractivity contribution in [3.8, 4) is 0 Å². The molecule has 0 aromatic heterocycles. The van der Waals surface area contributed by atoms with Crippen LogP contribution >= 0.6 is 0 Å². The summed E-state index contributed by atoms with van der Waals surface area (Å²) in [6.07, 6.45) is 0.778. The van der Waals surface area contributed by atoms with E-state index in [0.717, 1.165) is 19.4 Å². The van der Waals surface area contributed by atoms with Crippen LogP contribution in [0.1, 0.15) is 12.8 Å². The van der Waals surface area contributed by atoms with Crippen molar-refractivity contribution in [1.29, 1.82) is 0 Å². The van der Waals surface area contributed by atoms with Crippen molar-refractivity contribution in [2.24, 2.45) is 0 Å². The molecular formula is C14H33N3O3. The van der Waals surface area contributed by atoms with E-state index < -0.39 is 12.2 Å². The summed E-state index contributed by atoms with van der Waals surface area (Å²) < 4.78 is 0. The maximum atomic E-state index is 10.0. The second kappa shape index (κ2) is 11.4. The highest BCUT2D eigenvalue weighted by Crippen LogP contribution is 2.01. The van der Waals surface area contributed by atoms with Gasteiger partial charge in [-0.25, -0.2) is 0 Å². The summed E-state index contributed by atoms with van der Waals surface area (Å²) in [6.45, 7) is 3.30. The lowest BCUT2D eigenvalue weighted by atomic mass is 10.2. The Kier molecular flexibility index (Phi) is 11.3. The Hall–Kier alpha value is -0.240. The number of likely N-dealkylation sites (N-methyl/N-ethyl adjacent to an activating group) is 2. The van der Waals surface area contributed by atoms with Crippen molar-refractivity contribution < 1.29 is 15.3 Å². The first-order valence-corrected chi connectivity index (χ1v) is 7.34. The van der Waals surface area contributed by atoms with Crippen LogP contribution in [0.15, 0.2) is 0 Å². The van der Waals surface area contributed by atoms with Gasteiger partial charge >= 0.3 is 0 Å². The van der Waals surface area contributed by atoms with Crippen molar-refractivity contribution in [3.63, 3.8) is 0 Å². The molecule has 0 fully saturated rings. The van der Waals surface area contributed by atoms with Gasteiger partial charge in [-0.1, -0.05) is 0 Å². The van der Waals surface area contributed by atoms with Crippen LogP contribution in [0, 0.1) is 0 Å². The molecule has 2 atom stereocenters. The van der Waals surface area contributed by atoms with Crippen LogP contribution in [0.25, 0.3) is 0 Å². The van der Waals surface area contributed by atoms with E-state index in [0.29, 0.717) is 26.2 Å². The molecule has 0 aromatic carbocycles. The van der Waals surface area contributed by atoms with Crippen molar-refractivity contribution in [2.45, 2.75) is 25.0 Å². The van der Waals surface area contributed by atoms with Gasteiger partial charge in [0.1, 0.15) is 0 Å². The summed E-state index contributed by atoms with van der Waals surface area (Å²) in [7, 11) is 7.72. The van der Waals surface area contributed by atoms with Gasteiger partial charge in [-0.3, -0.25) is 4.90 Å². The zero-order chi connectivity index (χ0) is 15.5. The Balaban J connectivity index is 4.24. The van der Waals surface area contributed by atoms with E-state index in [-0.39, 0.29) is 6.61 Å². The molecule has 0 bridgehead atoms. The van der Waals surface area contributed by atoms with Gasteiger partial charge < -0.3 is 25.1 Å². The van der Waals surface area contributed by atoms with E-state index in [1.54, 1.807) is 0 Å². The molecule has 0 saturated heterocycles. The normalized spacial score (nSPS) is 15.3. The summed E-state index contributed by atoms with van der Waals surface area (Å²) in [5, 5.41) is 28.9. The van der Waals surface area contributed by atoms with Gasteiger partial charge in [0.25, 0.3) is 0 Å². The highest BCUT2D eigenvalue weighted by atomic mass is 16.3. The molecule has 122 valence electrons. The van der Waals surface area contributed by atoms with Crippen molar-refractivity contribution in [2.75, 3.05) is 67.5 Å². The number of hydrogen-bond donors (Lipinski definition) is 3. The molecule has 0 heterocycles. The first-order valence-electron chi connectivity index (χ1n) is 7.34. The Morgan fingerprint density at radius 1 is 0.750 bits per heavy atom. The maximum Gasteiger partial charge on any atom is 0.0793 e. The van der Waals surface area contributed by atoms with Gasteiger partial charge in [-0.2, -0.15) is 0 Å². The van der Waals surface area contributed by atoms with E-state index in [2.05, 4.69) is 4.90 Å². The quantitative estimate of drug-likeness (QED) is 0.397. The Morgan fingerprint density at radius 2 is 1.20 bits per heavy atom. The fourth-order valence-corrected chi connectivity index (χ4v) is 2.26. The largest absolute Gasteiger partial charge is 0.396 e. The molecule has 0 radical (unpaired) electrons. The molecule has 0 spiro atoms. The van der Waals surface area contributed by atoms with Gasteiger partial charge in [0.15, 0.2) is 0 Å². The molecule has 2 unspecified atom stereocenters. The third-order valence-electron chi connectivity index (χ3n) is 2.97. The molecule has 3 N–H and O–H groups in total. The minimum atomic E-state index is -0.425. The molecule has 0 aliphatic carbocycles. The minimum Gasteiger partial charge on any atom is -0.396 e. The molecule has 20 heavy (non-hydrogen) atoms. The van der Waals surface area contributed by atoms with Crippen molar-refractivity contribution in [1.82, 2.24) is 14.7 Å². The van der Waals surface area contributed by atoms with Gasteiger partial charge in [0.05, 0.1) is 12.2 Å². The average molecular weight is 291 g/mol. The maximum absolute atomic E-state index is 10.0. The van der Waals surface area contributed by atoms with Crippen LogP contribution in [0.3, 0.4) is 0 Å². The fraction of sp³-hybridized carbons (Fsp3) is 1.00. The molecule has 0 saturated carbocycles. The van der Waals surface area contributed by atoms with E-state index in [1.165, 1.54) is 0 Å². The highest BCUT2D eigenvalue weighted by molar-refractivity contribution is 4.71. The van der Waals surface area contributed by atoms with Crippen LogP contribution < -0.4 is 0 Å². The fourth-order valence-electron chi connectivity index (χ4n) is 2.26. The molecule has 0 amide bonds. The molecule has 0 aromatic rings. The summed E-state index contributed by atoms with van der Waals surface area (Å²) >= 11 is 0. The number of hydrogen-bond acceptors (Lipinski definition) is 6. The zero-order valence-electron chi connectivity index (χ0n) is 13.5. The van der Waals surface area contributed by atoms with Gasteiger partial charge in [0, 0.05) is 32.8 Å². The number of aliphatic hydroxyl groups excluding tert-OH is 3. The molecule has 6 nitrogen and oxygen atoms in total. The smallest absolute Gasteiger partial charge is 0.0793 e. The number of unbranched alkanes of at least 4 members (excludes halogenated alkanes) is 1. The average Bonchev–Trinajstić information content (AvgIpc) is 2.26. The SMILES string of the molecule is CN(C)CC(O)CN(CCCCO)CC(O)CN(C)C. The third kappa shape index (κ3) is 11.6. The molecule has 6 heteroatoms. The van der Waals surface area contributed by atoms with E-state index in [9.17, 15) is 10.2 Å². The van der Waals surface area contributed by atoms with Crippen LogP contribution in [-0.2, 0) is 0 Å². The van der Waals surface area contributed by atoms with Crippen molar-refractivity contribution >= 4 is 0 Å². The second-order valence-electron chi connectivity index (χ2n) is 6.02. The Labute approximate surface area is 123 Å². The highest BCUT2D eigenvalue weighted by Gasteiger charge is 2.16. The van der Waals surface area contributed by atoms with Crippen LogP contribution in [0.5, 0.6) is 0 Å². The predicted octanol–water partition coefficient (Wildman–Crippen LogP) is -1.09. The monoisotopic (exact) mass is 291 g/mol. The standard InChI is InChI=1S/C14H33N3O3/c1-15(2)9-13(19)11-17(7-5-6-8-18)12-14(20)10-16(3)4/h13-14,18-20H,5-12H2,1-4H3. The summed E-state index contributed by atoms with van der Waals surface area (Å²) in [4.78, 5) is 5.98. The summed E-state index contributed by atoms with van der Waals surface area (Å²) in [5.74, 6) is 0. The number of rotatable bonds is 12. The van der Waals surface area contributed by atoms with Gasteiger partial charge in [-0.05, 0) is 47.6 Å². The lowest BCUT2D eigenvalue weighted by Crippen LogP contribution is -2.44. The zero-order valence-corrected chi connectivity index (χ0v) is 13.5. The lowest BCUT2D eigenvalue weighted by Gasteiger charge is -2.29. The van der Waals surface area contributed by atoms with Crippen LogP contribution in [0.2, 0.25) is 0 Å². The summed E-state index contributed by atoms with van der Waals surface area (Å²) in [5.41, 5.74) is 0. The lowest BCUT2D eigenvalue weighted by molar-refractivity contribution is 0.0479. The van der Waals surface area contributed by atoms with Gasteiger partial charge in [-0.15, -0.1) is 0 Å². The molecule has 0 aliphatic rings. The molecule has 0 rings (SSSR count). The van der Waals surface area contributed by atoms with E-state index >= 15 is 0 Å². The molecule has 0 aliphatic heterocycles. The number of aliphatic hydroxyl groups is 3. The van der Waals surface area contributed by atoms with Crippen molar-refractivity contribution in [3.05, 3.63) is 0 Å². The van der Waals surface area contributed by atoms with Crippen LogP contribution in [-0.4, -0.2) is 110 Å².